The molecule has 8 heteroatoms. The number of rotatable bonds is 5. The first kappa shape index (κ1) is 21.2. The molecule has 1 saturated heterocycles. The zero-order chi connectivity index (χ0) is 19.8. The van der Waals surface area contributed by atoms with Crippen molar-refractivity contribution >= 4 is 45.9 Å². The number of hydrogen-bond donors (Lipinski definition) is 1. The zero-order valence-electron chi connectivity index (χ0n) is 15.4. The van der Waals surface area contributed by atoms with Gasteiger partial charge in [0.15, 0.2) is 6.10 Å². The first-order valence-electron chi connectivity index (χ1n) is 8.82. The number of piperidine rings is 1. The fraction of sp³-hybridized carbons (Fsp3) is 0.474. The molecule has 1 aromatic rings. The van der Waals surface area contributed by atoms with Crippen molar-refractivity contribution in [1.82, 2.24) is 4.90 Å². The van der Waals surface area contributed by atoms with E-state index in [9.17, 15) is 9.59 Å². The number of esters is 1. The van der Waals surface area contributed by atoms with Gasteiger partial charge >= 0.3 is 5.97 Å². The molecule has 0 radical (unpaired) electrons. The van der Waals surface area contributed by atoms with Crippen molar-refractivity contribution in [2.45, 2.75) is 32.8 Å². The van der Waals surface area contributed by atoms with Gasteiger partial charge in [-0.05, 0) is 37.8 Å². The van der Waals surface area contributed by atoms with Crippen LogP contribution in [0.1, 0.15) is 32.3 Å². The van der Waals surface area contributed by atoms with Gasteiger partial charge in [0.1, 0.15) is 10.4 Å². The Labute approximate surface area is 169 Å². The number of carbonyl (C=O) groups excluding carboxylic acids is 2. The fourth-order valence-electron chi connectivity index (χ4n) is 2.61. The van der Waals surface area contributed by atoms with Crippen LogP contribution in [0, 0.1) is 17.2 Å². The quantitative estimate of drug-likeness (QED) is 0.595. The SMILES string of the molecule is CC1CCN(C(=S)SCC(=O)O[C@@H](C)C(=O)Nc2ccccc2C#N)CC1. The van der Waals surface area contributed by atoms with Crippen molar-refractivity contribution in [2.75, 3.05) is 24.2 Å². The molecule has 1 fully saturated rings. The van der Waals surface area contributed by atoms with Crippen LogP contribution in [0.3, 0.4) is 0 Å². The Morgan fingerprint density at radius 2 is 2.07 bits per heavy atom. The molecular weight excluding hydrogens is 382 g/mol. The number of thioether (sulfide) groups is 1. The average molecular weight is 406 g/mol. The number of carbonyl (C=O) groups is 2. The number of anilines is 1. The summed E-state index contributed by atoms with van der Waals surface area (Å²) in [4.78, 5) is 26.3. The van der Waals surface area contributed by atoms with Gasteiger partial charge in [0.25, 0.3) is 5.91 Å². The van der Waals surface area contributed by atoms with E-state index in [0.717, 1.165) is 25.9 Å². The molecule has 1 atom stereocenters. The zero-order valence-corrected chi connectivity index (χ0v) is 17.1. The fourth-order valence-corrected chi connectivity index (χ4v) is 3.65. The molecule has 27 heavy (non-hydrogen) atoms. The van der Waals surface area contributed by atoms with Crippen LogP contribution in [0.25, 0.3) is 0 Å². The lowest BCUT2D eigenvalue weighted by Crippen LogP contribution is -2.36. The van der Waals surface area contributed by atoms with Gasteiger partial charge in [0, 0.05) is 13.1 Å². The Bertz CT molecular complexity index is 740. The summed E-state index contributed by atoms with van der Waals surface area (Å²) in [5, 5.41) is 11.7. The van der Waals surface area contributed by atoms with Crippen molar-refractivity contribution in [3.05, 3.63) is 29.8 Å². The van der Waals surface area contributed by atoms with E-state index in [-0.39, 0.29) is 5.75 Å². The number of amides is 1. The summed E-state index contributed by atoms with van der Waals surface area (Å²) in [7, 11) is 0. The van der Waals surface area contributed by atoms with E-state index in [1.165, 1.54) is 18.7 Å². The number of para-hydroxylation sites is 1. The van der Waals surface area contributed by atoms with E-state index >= 15 is 0 Å². The van der Waals surface area contributed by atoms with Crippen LogP contribution in [-0.4, -0.2) is 46.0 Å². The topological polar surface area (TPSA) is 82.4 Å². The maximum Gasteiger partial charge on any atom is 0.317 e. The van der Waals surface area contributed by atoms with Crippen molar-refractivity contribution in [1.29, 1.82) is 5.26 Å². The number of nitrogens with zero attached hydrogens (tertiary/aromatic N) is 2. The summed E-state index contributed by atoms with van der Waals surface area (Å²) >= 11 is 6.65. The highest BCUT2D eigenvalue weighted by molar-refractivity contribution is 8.23. The number of benzene rings is 1. The summed E-state index contributed by atoms with van der Waals surface area (Å²) in [6, 6.07) is 8.65. The third kappa shape index (κ3) is 6.52. The Balaban J connectivity index is 1.77. The number of nitriles is 1. The van der Waals surface area contributed by atoms with Crippen molar-refractivity contribution < 1.29 is 14.3 Å². The Kier molecular flexibility index (Phi) is 8.07. The number of thiocarbonyl (C=S) groups is 1. The number of nitrogens with one attached hydrogen (secondary N) is 1. The molecule has 144 valence electrons. The van der Waals surface area contributed by atoms with Gasteiger partial charge in [-0.2, -0.15) is 5.26 Å². The minimum atomic E-state index is -0.964. The van der Waals surface area contributed by atoms with Gasteiger partial charge in [0.05, 0.1) is 17.0 Å². The largest absolute Gasteiger partial charge is 0.452 e. The van der Waals surface area contributed by atoms with E-state index in [1.54, 1.807) is 24.3 Å². The third-order valence-electron chi connectivity index (χ3n) is 4.34. The second kappa shape index (κ2) is 10.3. The molecular formula is C19H23N3O3S2. The molecule has 1 amide bonds. The Morgan fingerprint density at radius 3 is 2.74 bits per heavy atom. The van der Waals surface area contributed by atoms with Gasteiger partial charge in [-0.1, -0.05) is 43.0 Å². The number of ether oxygens (including phenoxy) is 1. The van der Waals surface area contributed by atoms with Crippen LogP contribution >= 0.6 is 24.0 Å². The first-order valence-corrected chi connectivity index (χ1v) is 10.2. The lowest BCUT2D eigenvalue weighted by molar-refractivity contribution is -0.150. The van der Waals surface area contributed by atoms with Gasteiger partial charge in [-0.15, -0.1) is 0 Å². The minimum Gasteiger partial charge on any atom is -0.452 e. The Morgan fingerprint density at radius 1 is 1.41 bits per heavy atom. The molecule has 0 spiro atoms. The van der Waals surface area contributed by atoms with Gasteiger partial charge in [0.2, 0.25) is 0 Å². The van der Waals surface area contributed by atoms with E-state index < -0.39 is 18.0 Å². The molecule has 1 aliphatic rings. The summed E-state index contributed by atoms with van der Waals surface area (Å²) < 4.78 is 5.87. The van der Waals surface area contributed by atoms with Crippen LogP contribution in [-0.2, 0) is 14.3 Å². The molecule has 0 saturated carbocycles. The molecule has 0 bridgehead atoms. The standard InChI is InChI=1S/C19H23N3O3S2/c1-13-7-9-22(10-8-13)19(26)27-12-17(23)25-14(2)18(24)21-16-6-4-3-5-15(16)11-20/h3-6,13-14H,7-10,12H2,1-2H3,(H,21,24)/t14-/m0/s1. The predicted octanol–water partition coefficient (Wildman–Crippen LogP) is 3.18. The van der Waals surface area contributed by atoms with Crippen LogP contribution in [0.2, 0.25) is 0 Å². The number of hydrogen-bond acceptors (Lipinski definition) is 6. The summed E-state index contributed by atoms with van der Waals surface area (Å²) in [6.07, 6.45) is 1.24. The van der Waals surface area contributed by atoms with Crippen LogP contribution in [0.15, 0.2) is 24.3 Å². The molecule has 1 N–H and O–H groups in total. The van der Waals surface area contributed by atoms with Gasteiger partial charge in [-0.3, -0.25) is 9.59 Å². The second-order valence-corrected chi connectivity index (χ2v) is 8.11. The second-order valence-electron chi connectivity index (χ2n) is 6.50. The summed E-state index contributed by atoms with van der Waals surface area (Å²) in [5.74, 6) is -0.200. The summed E-state index contributed by atoms with van der Waals surface area (Å²) in [5.41, 5.74) is 0.740. The maximum atomic E-state index is 12.2. The predicted molar refractivity (Wildman–Crippen MR) is 110 cm³/mol. The lowest BCUT2D eigenvalue weighted by Gasteiger charge is -2.31. The third-order valence-corrected chi connectivity index (χ3v) is 5.84. The van der Waals surface area contributed by atoms with E-state index in [4.69, 9.17) is 22.2 Å². The normalized spacial score (nSPS) is 15.5. The monoisotopic (exact) mass is 405 g/mol. The molecule has 1 aliphatic heterocycles. The molecule has 6 nitrogen and oxygen atoms in total. The van der Waals surface area contributed by atoms with Crippen LogP contribution in [0.4, 0.5) is 5.69 Å². The van der Waals surface area contributed by atoms with Crippen LogP contribution in [0.5, 0.6) is 0 Å². The smallest absolute Gasteiger partial charge is 0.317 e. The molecule has 1 heterocycles. The van der Waals surface area contributed by atoms with Gasteiger partial charge in [-0.25, -0.2) is 0 Å². The van der Waals surface area contributed by atoms with Crippen molar-refractivity contribution in [3.63, 3.8) is 0 Å². The highest BCUT2D eigenvalue weighted by atomic mass is 32.2. The van der Waals surface area contributed by atoms with Gasteiger partial charge < -0.3 is 15.0 Å². The molecule has 1 aromatic carbocycles. The van der Waals surface area contributed by atoms with E-state index in [1.807, 2.05) is 6.07 Å². The van der Waals surface area contributed by atoms with Crippen molar-refractivity contribution in [3.8, 4) is 6.07 Å². The molecule has 2 rings (SSSR count). The highest BCUT2D eigenvalue weighted by Crippen LogP contribution is 2.20. The molecule has 0 aromatic heterocycles. The minimum absolute atomic E-state index is 0.0668. The average Bonchev–Trinajstić information content (AvgIpc) is 2.67. The highest BCUT2D eigenvalue weighted by Gasteiger charge is 2.21. The lowest BCUT2D eigenvalue weighted by atomic mass is 10.00. The van der Waals surface area contributed by atoms with Crippen LogP contribution < -0.4 is 5.32 Å². The first-order chi connectivity index (χ1) is 12.9. The van der Waals surface area contributed by atoms with E-state index in [0.29, 0.717) is 21.5 Å². The Hall–Kier alpha value is -2.11. The number of likely N-dealkylation sites (tertiary alicyclic amines) is 1. The molecule has 0 unspecified atom stereocenters. The van der Waals surface area contributed by atoms with E-state index in [2.05, 4.69) is 17.1 Å². The van der Waals surface area contributed by atoms with Crippen molar-refractivity contribution in [2.24, 2.45) is 5.92 Å². The maximum absolute atomic E-state index is 12.2. The molecule has 0 aliphatic carbocycles. The summed E-state index contributed by atoms with van der Waals surface area (Å²) in [6.45, 7) is 5.56.